The number of aliphatic hydroxyl groups excluding tert-OH is 1. The van der Waals surface area contributed by atoms with Gasteiger partial charge in [0.15, 0.2) is 0 Å². The molecule has 4 aliphatic heterocycles. The number of aromatic nitrogens is 3. The number of benzene rings is 3. The first kappa shape index (κ1) is 63.7. The largest absolute Gasteiger partial charge is 0.493 e. The predicted octanol–water partition coefficient (Wildman–Crippen LogP) is 8.69. The SMILES string of the molecule is C#C.C=N/C=C(\NC[C@@H]1CCCN1C(=O)CN)c1cc(C)c2c(c1)OC(c1ccc3c(c1)CCCO3)n1c-2cc2cc(-c3cnc(CN(CCC)C(=O)C(NC)C4C[C@@H](C)O[C@@H](C)C4)[nH]3)ccc21.C=O.CCC.CO.COC. The summed E-state index contributed by atoms with van der Waals surface area (Å²) in [5, 5.41) is 15.0. The summed E-state index contributed by atoms with van der Waals surface area (Å²) >= 11 is 0. The molecule has 3 unspecified atom stereocenters. The van der Waals surface area contributed by atoms with E-state index in [4.69, 9.17) is 34.8 Å². The number of fused-ring (bicyclic) bond motifs is 6. The normalized spacial score (nSPS) is 19.1. The highest BCUT2D eigenvalue weighted by atomic mass is 16.5. The molecule has 78 heavy (non-hydrogen) atoms. The van der Waals surface area contributed by atoms with Gasteiger partial charge in [0, 0.05) is 80.8 Å². The minimum atomic E-state index is -0.459. The highest BCUT2D eigenvalue weighted by Gasteiger charge is 2.37. The molecule has 0 bridgehead atoms. The lowest BCUT2D eigenvalue weighted by atomic mass is 9.85. The van der Waals surface area contributed by atoms with Crippen molar-refractivity contribution in [3.05, 3.63) is 95.1 Å². The van der Waals surface area contributed by atoms with Crippen LogP contribution in [0.4, 0.5) is 0 Å². The summed E-state index contributed by atoms with van der Waals surface area (Å²) in [5.74, 6) is 2.72. The Balaban J connectivity index is 0.00000101. The number of nitrogens with two attached hydrogens (primary N) is 1. The van der Waals surface area contributed by atoms with Crippen molar-refractivity contribution in [2.45, 2.75) is 130 Å². The fourth-order valence-electron chi connectivity index (χ4n) is 10.9. The van der Waals surface area contributed by atoms with Crippen LogP contribution in [0.3, 0.4) is 0 Å². The summed E-state index contributed by atoms with van der Waals surface area (Å²) in [7, 11) is 6.14. The highest BCUT2D eigenvalue weighted by molar-refractivity contribution is 5.93. The van der Waals surface area contributed by atoms with E-state index >= 15 is 0 Å². The Morgan fingerprint density at radius 2 is 1.74 bits per heavy atom. The molecule has 17 nitrogen and oxygen atoms in total. The van der Waals surface area contributed by atoms with Crippen LogP contribution in [0.2, 0.25) is 0 Å². The lowest BCUT2D eigenvalue weighted by Gasteiger charge is -2.37. The Hall–Kier alpha value is -6.81. The molecule has 2 fully saturated rings. The van der Waals surface area contributed by atoms with Crippen LogP contribution >= 0.6 is 0 Å². The number of ether oxygens (including phenoxy) is 4. The van der Waals surface area contributed by atoms with Crippen molar-refractivity contribution in [2.24, 2.45) is 16.6 Å². The maximum Gasteiger partial charge on any atom is 0.240 e. The highest BCUT2D eigenvalue weighted by Crippen LogP contribution is 2.48. The number of rotatable bonds is 15. The zero-order chi connectivity index (χ0) is 57.5. The molecule has 6 N–H and O–H groups in total. The van der Waals surface area contributed by atoms with Crippen LogP contribution in [0, 0.1) is 25.7 Å². The Morgan fingerprint density at radius 3 is 2.40 bits per heavy atom. The lowest BCUT2D eigenvalue weighted by Crippen LogP contribution is -2.52. The molecule has 0 saturated carbocycles. The van der Waals surface area contributed by atoms with Crippen LogP contribution in [0.25, 0.3) is 39.1 Å². The number of carbonyl (C=O) groups is 3. The summed E-state index contributed by atoms with van der Waals surface area (Å²) in [5.41, 5.74) is 15.7. The number of H-pyrrole nitrogens is 1. The number of aromatic amines is 1. The first-order valence-electron chi connectivity index (χ1n) is 27.1. The summed E-state index contributed by atoms with van der Waals surface area (Å²) < 4.78 is 25.8. The van der Waals surface area contributed by atoms with E-state index in [9.17, 15) is 9.59 Å². The van der Waals surface area contributed by atoms with E-state index in [1.54, 1.807) is 20.4 Å². The summed E-state index contributed by atoms with van der Waals surface area (Å²) in [6, 6.07) is 19.2. The quantitative estimate of drug-likeness (QED) is 0.0493. The molecule has 0 aliphatic carbocycles. The van der Waals surface area contributed by atoms with E-state index in [0.717, 1.165) is 138 Å². The first-order chi connectivity index (χ1) is 37.9. The Labute approximate surface area is 463 Å². The maximum absolute atomic E-state index is 14.1. The van der Waals surface area contributed by atoms with Gasteiger partial charge in [0.25, 0.3) is 0 Å². The van der Waals surface area contributed by atoms with Crippen LogP contribution in [-0.4, -0.2) is 140 Å². The van der Waals surface area contributed by atoms with E-state index in [0.29, 0.717) is 19.6 Å². The third-order valence-electron chi connectivity index (χ3n) is 13.9. The standard InChI is InChI=1S/C52H65N9O5.C3H8.C2H6O.C2H2.CH4O.CH2O/c1-7-16-59(51(63)50(55-6)39-20-32(3)65-33(4)21-39)30-47-57-29-42(58-47)34-12-14-43-38(22-34)24-44-49-31(2)19-37(41(28-54-5)56-27-40-11-8-17-60(40)48(62)26-53)25-46(49)66-52(61(43)44)36-13-15-45-35(23-36)10-9-18-64-45;2*1-3-2;3*1-2/h12-15,19,22-25,28-29,32-33,39-40,50,52,55-56H,5,7-11,16-18,20-21,26-27,30,53H2,1-4,6H3,(H,57,58);3H2,1-2H3;1-2H3;1-2H;2H,1H3;1H2/b41-28-;;;;;/t32-,33+,39?,40-,50?,52?;;;;;/m0...../s1. The second-order valence-corrected chi connectivity index (χ2v) is 19.7. The first-order valence-corrected chi connectivity index (χ1v) is 27.1. The van der Waals surface area contributed by atoms with Crippen molar-refractivity contribution in [3.8, 4) is 46.9 Å². The molecule has 2 amide bonds. The Kier molecular flexibility index (Phi) is 26.3. The molecule has 6 heterocycles. The van der Waals surface area contributed by atoms with Crippen LogP contribution in [0.5, 0.6) is 11.5 Å². The molecular formula is C61H87N9O8. The number of aliphatic hydroxyl groups is 1. The fraction of sp³-hybridized carbons (Fsp3) is 0.492. The van der Waals surface area contributed by atoms with E-state index in [2.05, 4.69) is 146 Å². The maximum atomic E-state index is 14.1. The van der Waals surface area contributed by atoms with Crippen molar-refractivity contribution < 1.29 is 38.4 Å². The average molecular weight is 1070 g/mol. The van der Waals surface area contributed by atoms with E-state index < -0.39 is 6.23 Å². The number of hydrogen-bond acceptors (Lipinski definition) is 13. The number of imidazole rings is 1. The molecule has 5 aromatic rings. The number of carbonyl (C=O) groups excluding carboxylic acids is 3. The molecule has 2 saturated heterocycles. The zero-order valence-electron chi connectivity index (χ0n) is 47.9. The van der Waals surface area contributed by atoms with Crippen LogP contribution in [-0.2, 0) is 36.8 Å². The zero-order valence-corrected chi connectivity index (χ0v) is 47.9. The van der Waals surface area contributed by atoms with Gasteiger partial charge in [-0.1, -0.05) is 33.3 Å². The van der Waals surface area contributed by atoms with Gasteiger partial charge in [0.1, 0.15) is 24.1 Å². The van der Waals surface area contributed by atoms with E-state index in [1.165, 1.54) is 12.0 Å². The van der Waals surface area contributed by atoms with Crippen molar-refractivity contribution in [1.29, 1.82) is 0 Å². The number of nitrogens with one attached hydrogen (secondary N) is 3. The summed E-state index contributed by atoms with van der Waals surface area (Å²) in [6.45, 7) is 21.5. The summed E-state index contributed by atoms with van der Waals surface area (Å²) in [6.07, 6.45) is 19.0. The van der Waals surface area contributed by atoms with Gasteiger partial charge in [0.2, 0.25) is 18.0 Å². The van der Waals surface area contributed by atoms with Gasteiger partial charge in [-0.2, -0.15) is 0 Å². The molecule has 2 aromatic heterocycles. The topological polar surface area (TPSA) is 211 Å². The monoisotopic (exact) mass is 1070 g/mol. The van der Waals surface area contributed by atoms with Gasteiger partial charge in [-0.3, -0.25) is 14.6 Å². The number of likely N-dealkylation sites (N-methyl/N-ethyl adjacent to an activating group) is 1. The molecule has 6 atom stereocenters. The number of aliphatic imine (C=N–C) groups is 1. The molecule has 0 radical (unpaired) electrons. The molecule has 0 spiro atoms. The van der Waals surface area contributed by atoms with Gasteiger partial charge < -0.3 is 64.6 Å². The van der Waals surface area contributed by atoms with Crippen molar-refractivity contribution in [1.82, 2.24) is 35.0 Å². The fourth-order valence-corrected chi connectivity index (χ4v) is 10.9. The molecule has 17 heteroatoms. The van der Waals surface area contributed by atoms with Crippen LogP contribution < -0.4 is 25.8 Å². The minimum absolute atomic E-state index is 0.00484. The molecule has 3 aromatic carbocycles. The van der Waals surface area contributed by atoms with Gasteiger partial charge in [-0.15, -0.1) is 12.8 Å². The Morgan fingerprint density at radius 1 is 1.04 bits per heavy atom. The number of likely N-dealkylation sites (tertiary alicyclic amines) is 1. The molecule has 9 rings (SSSR count). The number of hydrogen-bond donors (Lipinski definition) is 5. The van der Waals surface area contributed by atoms with Gasteiger partial charge >= 0.3 is 0 Å². The predicted molar refractivity (Wildman–Crippen MR) is 313 cm³/mol. The van der Waals surface area contributed by atoms with Gasteiger partial charge in [-0.25, -0.2) is 4.98 Å². The smallest absolute Gasteiger partial charge is 0.240 e. The summed E-state index contributed by atoms with van der Waals surface area (Å²) in [4.78, 5) is 51.1. The lowest BCUT2D eigenvalue weighted by molar-refractivity contribution is -0.138. The molecule has 424 valence electrons. The van der Waals surface area contributed by atoms with Gasteiger partial charge in [0.05, 0.1) is 66.7 Å². The third kappa shape index (κ3) is 15.5. The Bertz CT molecular complexity index is 2740. The van der Waals surface area contributed by atoms with Crippen molar-refractivity contribution >= 4 is 41.9 Å². The van der Waals surface area contributed by atoms with Crippen LogP contribution in [0.1, 0.15) is 114 Å². The second kappa shape index (κ2) is 32.2. The van der Waals surface area contributed by atoms with Gasteiger partial charge in [-0.05, 0) is 145 Å². The minimum Gasteiger partial charge on any atom is -0.493 e. The number of aryl methyl sites for hydroxylation is 2. The molecular weight excluding hydrogens is 987 g/mol. The number of terminal acetylenes is 1. The number of methoxy groups -OCH3 is 1. The van der Waals surface area contributed by atoms with E-state index in [1.807, 2.05) is 29.8 Å². The van der Waals surface area contributed by atoms with Crippen molar-refractivity contribution in [3.63, 3.8) is 0 Å². The number of amides is 2. The average Bonchev–Trinajstić information content (AvgIpc) is 4.34. The van der Waals surface area contributed by atoms with Crippen molar-refractivity contribution in [2.75, 3.05) is 61.2 Å². The van der Waals surface area contributed by atoms with Crippen LogP contribution in [0.15, 0.2) is 72.0 Å². The van der Waals surface area contributed by atoms with E-state index in [-0.39, 0.29) is 48.6 Å². The third-order valence-corrected chi connectivity index (χ3v) is 13.9. The molecule has 4 aliphatic rings. The second-order valence-electron chi connectivity index (χ2n) is 19.7. The number of nitrogens with zero attached hydrogens (tertiary/aromatic N) is 5.